The van der Waals surface area contributed by atoms with Gasteiger partial charge in [0.1, 0.15) is 4.91 Å². The lowest BCUT2D eigenvalue weighted by molar-refractivity contribution is -0.132. The molecule has 1 heterocycles. The van der Waals surface area contributed by atoms with E-state index < -0.39 is 5.97 Å². The van der Waals surface area contributed by atoms with Crippen LogP contribution in [0.2, 0.25) is 0 Å². The Kier molecular flexibility index (Phi) is 5.76. The minimum absolute atomic E-state index is 0.185. The number of hydrogen-bond acceptors (Lipinski definition) is 4. The van der Waals surface area contributed by atoms with Gasteiger partial charge in [0.25, 0.3) is 5.91 Å². The average molecular weight is 261 g/mol. The van der Waals surface area contributed by atoms with Crippen molar-refractivity contribution < 1.29 is 14.7 Å². The Bertz CT molecular complexity index is 315. The van der Waals surface area contributed by atoms with Crippen molar-refractivity contribution in [3.05, 3.63) is 9.81 Å². The van der Waals surface area contributed by atoms with E-state index in [-0.39, 0.29) is 10.8 Å². The predicted octanol–water partition coefficient (Wildman–Crippen LogP) is 1.68. The summed E-state index contributed by atoms with van der Waals surface area (Å²) in [5.41, 5.74) is 0. The van der Waals surface area contributed by atoms with Gasteiger partial charge >= 0.3 is 5.97 Å². The molecule has 90 valence electrons. The van der Waals surface area contributed by atoms with Gasteiger partial charge in [-0.25, -0.2) is 4.79 Å². The van der Waals surface area contributed by atoms with Crippen molar-refractivity contribution in [1.29, 1.82) is 0 Å². The van der Waals surface area contributed by atoms with Gasteiger partial charge in [0.2, 0.25) is 0 Å². The standard InChI is InChI=1S/C10H15NO3S2/c1-2-3-4-11-9(12)7-8(10(13)14)16-6-5-15-7/h2-6H2,1H3,(H,11,12)(H,13,14). The van der Waals surface area contributed by atoms with E-state index in [1.807, 2.05) is 6.92 Å². The van der Waals surface area contributed by atoms with Gasteiger partial charge in [0.05, 0.1) is 4.91 Å². The van der Waals surface area contributed by atoms with Gasteiger partial charge < -0.3 is 10.4 Å². The Balaban J connectivity index is 2.66. The quantitative estimate of drug-likeness (QED) is 0.737. The summed E-state index contributed by atoms with van der Waals surface area (Å²) in [6, 6.07) is 0. The maximum absolute atomic E-state index is 11.7. The van der Waals surface area contributed by atoms with Gasteiger partial charge in [-0.1, -0.05) is 13.3 Å². The molecule has 0 aromatic rings. The number of hydrogen-bond donors (Lipinski definition) is 2. The number of amides is 1. The largest absolute Gasteiger partial charge is 0.477 e. The zero-order chi connectivity index (χ0) is 12.0. The van der Waals surface area contributed by atoms with Crippen LogP contribution in [0.15, 0.2) is 9.81 Å². The molecule has 0 spiro atoms. The Morgan fingerprint density at radius 1 is 1.31 bits per heavy atom. The Labute approximate surface area is 103 Å². The van der Waals surface area contributed by atoms with Gasteiger partial charge in [-0.15, -0.1) is 23.5 Å². The minimum Gasteiger partial charge on any atom is -0.477 e. The number of unbranched alkanes of at least 4 members (excludes halogenated alkanes) is 1. The van der Waals surface area contributed by atoms with Gasteiger partial charge in [0, 0.05) is 18.1 Å². The molecule has 0 fully saturated rings. The van der Waals surface area contributed by atoms with Crippen LogP contribution in [0.3, 0.4) is 0 Å². The smallest absolute Gasteiger partial charge is 0.343 e. The van der Waals surface area contributed by atoms with Crippen molar-refractivity contribution in [2.75, 3.05) is 18.1 Å². The SMILES string of the molecule is CCCCNC(=O)C1=C(C(=O)O)SCCS1. The molecule has 0 bridgehead atoms. The number of carbonyl (C=O) groups is 2. The highest BCUT2D eigenvalue weighted by Crippen LogP contribution is 2.34. The molecule has 1 aliphatic rings. The topological polar surface area (TPSA) is 66.4 Å². The summed E-state index contributed by atoms with van der Waals surface area (Å²) in [6.45, 7) is 2.65. The second-order valence-electron chi connectivity index (χ2n) is 3.27. The monoisotopic (exact) mass is 261 g/mol. The van der Waals surface area contributed by atoms with Gasteiger partial charge in [-0.05, 0) is 6.42 Å². The fraction of sp³-hybridized carbons (Fsp3) is 0.600. The molecule has 1 rings (SSSR count). The maximum Gasteiger partial charge on any atom is 0.343 e. The molecule has 0 aromatic carbocycles. The zero-order valence-corrected chi connectivity index (χ0v) is 10.7. The third kappa shape index (κ3) is 3.75. The molecule has 1 aliphatic heterocycles. The van der Waals surface area contributed by atoms with E-state index in [1.54, 1.807) is 0 Å². The van der Waals surface area contributed by atoms with E-state index >= 15 is 0 Å². The summed E-state index contributed by atoms with van der Waals surface area (Å²) in [6.07, 6.45) is 1.92. The molecule has 0 saturated heterocycles. The lowest BCUT2D eigenvalue weighted by atomic mass is 10.3. The Morgan fingerprint density at radius 2 is 1.94 bits per heavy atom. The van der Waals surface area contributed by atoms with Crippen LogP contribution in [0.1, 0.15) is 19.8 Å². The first-order valence-electron chi connectivity index (χ1n) is 5.18. The molecule has 4 nitrogen and oxygen atoms in total. The van der Waals surface area contributed by atoms with E-state index in [4.69, 9.17) is 5.11 Å². The van der Waals surface area contributed by atoms with Crippen LogP contribution in [0, 0.1) is 0 Å². The van der Waals surface area contributed by atoms with Crippen LogP contribution in [-0.4, -0.2) is 35.0 Å². The molecule has 2 N–H and O–H groups in total. The fourth-order valence-corrected chi connectivity index (χ4v) is 3.40. The van der Waals surface area contributed by atoms with Crippen molar-refractivity contribution in [2.45, 2.75) is 19.8 Å². The van der Waals surface area contributed by atoms with E-state index in [0.29, 0.717) is 11.4 Å². The molecular formula is C10H15NO3S2. The molecule has 0 radical (unpaired) electrons. The van der Waals surface area contributed by atoms with E-state index in [0.717, 1.165) is 24.3 Å². The fourth-order valence-electron chi connectivity index (χ4n) is 1.21. The van der Waals surface area contributed by atoms with Crippen molar-refractivity contribution in [3.8, 4) is 0 Å². The third-order valence-corrected chi connectivity index (χ3v) is 4.55. The average Bonchev–Trinajstić information content (AvgIpc) is 2.29. The summed E-state index contributed by atoms with van der Waals surface area (Å²) < 4.78 is 0. The molecule has 16 heavy (non-hydrogen) atoms. The first kappa shape index (κ1) is 13.4. The van der Waals surface area contributed by atoms with Crippen LogP contribution in [-0.2, 0) is 9.59 Å². The number of carboxylic acid groups (broad SMARTS) is 1. The second kappa shape index (κ2) is 6.85. The lowest BCUT2D eigenvalue weighted by Crippen LogP contribution is -2.27. The first-order chi connectivity index (χ1) is 7.66. The number of carbonyl (C=O) groups excluding carboxylic acids is 1. The lowest BCUT2D eigenvalue weighted by Gasteiger charge is -2.15. The van der Waals surface area contributed by atoms with Crippen LogP contribution in [0.4, 0.5) is 0 Å². The molecule has 6 heteroatoms. The van der Waals surface area contributed by atoms with Crippen molar-refractivity contribution in [2.24, 2.45) is 0 Å². The summed E-state index contributed by atoms with van der Waals surface area (Å²) in [5, 5.41) is 11.7. The van der Waals surface area contributed by atoms with Crippen molar-refractivity contribution >= 4 is 35.4 Å². The normalized spacial score (nSPS) is 16.1. The van der Waals surface area contributed by atoms with E-state index in [1.165, 1.54) is 23.5 Å². The van der Waals surface area contributed by atoms with Crippen LogP contribution >= 0.6 is 23.5 Å². The van der Waals surface area contributed by atoms with Gasteiger partial charge in [-0.3, -0.25) is 4.79 Å². The van der Waals surface area contributed by atoms with Crippen molar-refractivity contribution in [1.82, 2.24) is 5.32 Å². The second-order valence-corrected chi connectivity index (χ2v) is 5.48. The van der Waals surface area contributed by atoms with E-state index in [2.05, 4.69) is 5.32 Å². The Hall–Kier alpha value is -0.620. The first-order valence-corrected chi connectivity index (χ1v) is 7.15. The number of aliphatic carboxylic acids is 1. The maximum atomic E-state index is 11.7. The summed E-state index contributed by atoms with van der Waals surface area (Å²) >= 11 is 2.58. The predicted molar refractivity (Wildman–Crippen MR) is 67.5 cm³/mol. The summed E-state index contributed by atoms with van der Waals surface area (Å²) in [4.78, 5) is 23.2. The number of thioether (sulfide) groups is 2. The van der Waals surface area contributed by atoms with Crippen molar-refractivity contribution in [3.63, 3.8) is 0 Å². The Morgan fingerprint density at radius 3 is 2.50 bits per heavy atom. The zero-order valence-electron chi connectivity index (χ0n) is 9.12. The highest BCUT2D eigenvalue weighted by Gasteiger charge is 2.24. The highest BCUT2D eigenvalue weighted by molar-refractivity contribution is 8.11. The summed E-state index contributed by atoms with van der Waals surface area (Å²) in [5.74, 6) is 0.289. The minimum atomic E-state index is -1.00. The number of rotatable bonds is 5. The molecule has 0 unspecified atom stereocenters. The molecule has 0 atom stereocenters. The third-order valence-electron chi connectivity index (χ3n) is 2.00. The van der Waals surface area contributed by atoms with Crippen LogP contribution in [0.25, 0.3) is 0 Å². The van der Waals surface area contributed by atoms with Crippen LogP contribution in [0.5, 0.6) is 0 Å². The molecule has 0 aromatic heterocycles. The van der Waals surface area contributed by atoms with Gasteiger partial charge in [0.15, 0.2) is 0 Å². The van der Waals surface area contributed by atoms with Gasteiger partial charge in [-0.2, -0.15) is 0 Å². The number of nitrogens with one attached hydrogen (secondary N) is 1. The molecule has 1 amide bonds. The van der Waals surface area contributed by atoms with Crippen LogP contribution < -0.4 is 5.32 Å². The molecule has 0 aliphatic carbocycles. The molecule has 0 saturated carbocycles. The number of carboxylic acids is 1. The highest BCUT2D eigenvalue weighted by atomic mass is 32.2. The van der Waals surface area contributed by atoms with E-state index in [9.17, 15) is 9.59 Å². The molecular weight excluding hydrogens is 246 g/mol. The summed E-state index contributed by atoms with van der Waals surface area (Å²) in [7, 11) is 0.